The van der Waals surface area contributed by atoms with Gasteiger partial charge in [-0.1, -0.05) is 97.1 Å². The molecule has 9 heteroatoms. The van der Waals surface area contributed by atoms with Crippen LogP contribution in [0.4, 0.5) is 4.79 Å². The highest BCUT2D eigenvalue weighted by Crippen LogP contribution is 2.39. The van der Waals surface area contributed by atoms with E-state index >= 15 is 0 Å². The van der Waals surface area contributed by atoms with Crippen molar-refractivity contribution >= 4 is 6.03 Å². The molecule has 3 saturated heterocycles. The number of aliphatic hydroxyl groups is 1. The summed E-state index contributed by atoms with van der Waals surface area (Å²) in [6.07, 6.45) is 1.81. The Morgan fingerprint density at radius 1 is 0.735 bits per heavy atom. The normalized spacial score (nSPS) is 22.2. The molecule has 0 saturated carbocycles. The molecule has 0 aliphatic carbocycles. The summed E-state index contributed by atoms with van der Waals surface area (Å²) < 4.78 is 25.1. The van der Waals surface area contributed by atoms with Crippen LogP contribution >= 0.6 is 0 Å². The second-order valence-electron chi connectivity index (χ2n) is 13.1. The van der Waals surface area contributed by atoms with Gasteiger partial charge in [0.1, 0.15) is 0 Å². The van der Waals surface area contributed by atoms with Gasteiger partial charge in [-0.2, -0.15) is 0 Å². The third-order valence-electron chi connectivity index (χ3n) is 9.70. The number of ether oxygens (including phenoxy) is 4. The van der Waals surface area contributed by atoms with E-state index in [1.165, 1.54) is 0 Å². The maximum Gasteiger partial charge on any atom is 0.315 e. The Hall–Kier alpha value is -4.09. The van der Waals surface area contributed by atoms with Crippen LogP contribution in [0.5, 0.6) is 0 Å². The zero-order valence-electron chi connectivity index (χ0n) is 27.8. The number of piperidine rings is 1. The van der Waals surface area contributed by atoms with Crippen molar-refractivity contribution in [2.24, 2.45) is 0 Å². The Labute approximate surface area is 288 Å². The molecule has 0 radical (unpaired) electrons. The maximum absolute atomic E-state index is 12.4. The van der Waals surface area contributed by atoms with E-state index in [-0.39, 0.29) is 24.8 Å². The van der Waals surface area contributed by atoms with Crippen LogP contribution in [-0.4, -0.2) is 60.8 Å². The van der Waals surface area contributed by atoms with E-state index in [9.17, 15) is 9.90 Å². The first kappa shape index (κ1) is 33.4. The molecule has 3 aliphatic heterocycles. The second kappa shape index (κ2) is 15.6. The number of urea groups is 1. The topological polar surface area (TPSA) is 102 Å². The lowest BCUT2D eigenvalue weighted by Crippen LogP contribution is -2.48. The van der Waals surface area contributed by atoms with Gasteiger partial charge in [-0.05, 0) is 39.4 Å². The third kappa shape index (κ3) is 8.56. The molecular formula is C40H45N3O6. The average molecular weight is 664 g/mol. The first-order valence-electron chi connectivity index (χ1n) is 17.3. The molecule has 3 unspecified atom stereocenters. The van der Waals surface area contributed by atoms with Gasteiger partial charge in [0.2, 0.25) is 0 Å². The van der Waals surface area contributed by atoms with Crippen molar-refractivity contribution in [2.45, 2.75) is 63.2 Å². The summed E-state index contributed by atoms with van der Waals surface area (Å²) >= 11 is 0. The van der Waals surface area contributed by atoms with Gasteiger partial charge in [0.15, 0.2) is 12.1 Å². The molecule has 3 heterocycles. The van der Waals surface area contributed by atoms with Crippen LogP contribution in [0.2, 0.25) is 0 Å². The van der Waals surface area contributed by atoms with Crippen LogP contribution in [0.3, 0.4) is 0 Å². The van der Waals surface area contributed by atoms with Crippen molar-refractivity contribution in [2.75, 3.05) is 32.8 Å². The van der Waals surface area contributed by atoms with Gasteiger partial charge >= 0.3 is 6.03 Å². The Morgan fingerprint density at radius 2 is 1.41 bits per heavy atom. The molecular weight excluding hydrogens is 618 g/mol. The number of rotatable bonds is 10. The molecule has 3 fully saturated rings. The maximum atomic E-state index is 12.4. The molecule has 3 aliphatic rings. The minimum Gasteiger partial charge on any atom is -0.392 e. The van der Waals surface area contributed by atoms with Gasteiger partial charge < -0.3 is 39.6 Å². The smallest absolute Gasteiger partial charge is 0.315 e. The molecule has 256 valence electrons. The zero-order chi connectivity index (χ0) is 33.5. The number of carbonyl (C=O) groups excluding carboxylic acids is 1. The van der Waals surface area contributed by atoms with Crippen molar-refractivity contribution < 1.29 is 28.8 Å². The van der Waals surface area contributed by atoms with Crippen LogP contribution in [0.15, 0.2) is 103 Å². The lowest BCUT2D eigenvalue weighted by atomic mass is 9.98. The molecule has 0 aromatic heterocycles. The minimum absolute atomic E-state index is 0.0138. The van der Waals surface area contributed by atoms with Crippen LogP contribution < -0.4 is 10.6 Å². The summed E-state index contributed by atoms with van der Waals surface area (Å²) in [7, 11) is 0. The van der Waals surface area contributed by atoms with Gasteiger partial charge in [-0.15, -0.1) is 0 Å². The largest absolute Gasteiger partial charge is 0.392 e. The minimum atomic E-state index is -0.516. The summed E-state index contributed by atoms with van der Waals surface area (Å²) in [6.45, 7) is 4.90. The third-order valence-corrected chi connectivity index (χ3v) is 9.70. The molecule has 2 amide bonds. The number of hydrogen-bond acceptors (Lipinski definition) is 7. The van der Waals surface area contributed by atoms with Gasteiger partial charge in [-0.25, -0.2) is 4.79 Å². The summed E-state index contributed by atoms with van der Waals surface area (Å²) in [5.41, 5.74) is 7.13. The van der Waals surface area contributed by atoms with E-state index in [2.05, 4.69) is 51.9 Å². The van der Waals surface area contributed by atoms with E-state index in [0.717, 1.165) is 77.8 Å². The second-order valence-corrected chi connectivity index (χ2v) is 13.1. The molecule has 0 bridgehead atoms. The summed E-state index contributed by atoms with van der Waals surface area (Å²) in [4.78, 5) is 14.8. The van der Waals surface area contributed by atoms with Crippen molar-refractivity contribution in [1.29, 1.82) is 0 Å². The number of carbonyl (C=O) groups is 1. The monoisotopic (exact) mass is 663 g/mol. The highest BCUT2D eigenvalue weighted by Gasteiger charge is 2.41. The number of benzene rings is 4. The molecule has 7 rings (SSSR count). The number of likely N-dealkylation sites (tertiary alicyclic amines) is 1. The molecule has 3 N–H and O–H groups in total. The van der Waals surface area contributed by atoms with Gasteiger partial charge in [0.05, 0.1) is 32.0 Å². The number of nitrogens with one attached hydrogen (secondary N) is 2. The fourth-order valence-corrected chi connectivity index (χ4v) is 6.90. The van der Waals surface area contributed by atoms with Crippen molar-refractivity contribution in [3.63, 3.8) is 0 Å². The van der Waals surface area contributed by atoms with E-state index in [4.69, 9.17) is 18.9 Å². The predicted molar refractivity (Wildman–Crippen MR) is 186 cm³/mol. The lowest BCUT2D eigenvalue weighted by Gasteiger charge is -2.41. The SMILES string of the molecule is O=C(NCc1ccccc1)NCc1cccc(-c2ccc(C3OC(CN4CCC5(CC4)OCCO5)CC(c4ccc(CO)cc4)O3)cc2)c1. The average Bonchev–Trinajstić information content (AvgIpc) is 3.62. The highest BCUT2D eigenvalue weighted by molar-refractivity contribution is 5.74. The standard InChI is InChI=1S/C40H45N3O6/c44-28-30-9-11-33(12-10-30)37-24-36(27-43-19-17-40(18-20-43)46-21-22-47-40)48-38(49-37)34-15-13-32(14-16-34)35-8-4-7-31(23-35)26-42-39(45)41-25-29-5-2-1-3-6-29/h1-16,23,36-38,44H,17-22,24-28H2,(H2,41,42,45). The summed E-state index contributed by atoms with van der Waals surface area (Å²) in [6, 6.07) is 34.2. The molecule has 3 atom stereocenters. The van der Waals surface area contributed by atoms with Gasteiger partial charge in [-0.3, -0.25) is 0 Å². The van der Waals surface area contributed by atoms with Gasteiger partial charge in [0, 0.05) is 57.5 Å². The zero-order valence-corrected chi connectivity index (χ0v) is 27.8. The van der Waals surface area contributed by atoms with Crippen LogP contribution in [0.1, 0.15) is 59.5 Å². The number of nitrogens with zero attached hydrogens (tertiary/aromatic N) is 1. The molecule has 4 aromatic carbocycles. The highest BCUT2D eigenvalue weighted by atomic mass is 16.7. The first-order chi connectivity index (χ1) is 24.0. The van der Waals surface area contributed by atoms with Crippen molar-refractivity contribution in [3.8, 4) is 11.1 Å². The Kier molecular flexibility index (Phi) is 10.7. The predicted octanol–water partition coefficient (Wildman–Crippen LogP) is 6.23. The molecule has 4 aromatic rings. The van der Waals surface area contributed by atoms with E-state index in [1.54, 1.807) is 0 Å². The molecule has 1 spiro atoms. The lowest BCUT2D eigenvalue weighted by molar-refractivity contribution is -0.255. The number of aliphatic hydroxyl groups excluding tert-OH is 1. The fraction of sp³-hybridized carbons (Fsp3) is 0.375. The van der Waals surface area contributed by atoms with Gasteiger partial charge in [0.25, 0.3) is 0 Å². The number of amides is 2. The first-order valence-corrected chi connectivity index (χ1v) is 17.3. The Balaban J connectivity index is 0.998. The number of hydrogen-bond donors (Lipinski definition) is 3. The van der Waals surface area contributed by atoms with E-state index in [1.807, 2.05) is 66.7 Å². The van der Waals surface area contributed by atoms with Crippen LogP contribution in [0, 0.1) is 0 Å². The summed E-state index contributed by atoms with van der Waals surface area (Å²) in [5, 5.41) is 15.4. The van der Waals surface area contributed by atoms with E-state index < -0.39 is 12.1 Å². The van der Waals surface area contributed by atoms with Crippen molar-refractivity contribution in [3.05, 3.63) is 131 Å². The van der Waals surface area contributed by atoms with Crippen LogP contribution in [-0.2, 0) is 38.6 Å². The fourth-order valence-electron chi connectivity index (χ4n) is 6.90. The Morgan fingerprint density at radius 3 is 2.12 bits per heavy atom. The van der Waals surface area contributed by atoms with E-state index in [0.29, 0.717) is 26.3 Å². The summed E-state index contributed by atoms with van der Waals surface area (Å²) in [5.74, 6) is -0.401. The molecule has 9 nitrogen and oxygen atoms in total. The van der Waals surface area contributed by atoms with Crippen LogP contribution in [0.25, 0.3) is 11.1 Å². The van der Waals surface area contributed by atoms with Crippen molar-refractivity contribution in [1.82, 2.24) is 15.5 Å². The molecule has 49 heavy (non-hydrogen) atoms. The quantitative estimate of drug-likeness (QED) is 0.185. The Bertz CT molecular complexity index is 1650.